The Hall–Kier alpha value is -3.04. The Balaban J connectivity index is 1.82. The lowest BCUT2D eigenvalue weighted by molar-refractivity contribution is -0.145. The van der Waals surface area contributed by atoms with Gasteiger partial charge in [0.1, 0.15) is 12.1 Å². The topological polar surface area (TPSA) is 177 Å². The van der Waals surface area contributed by atoms with Crippen LogP contribution in [0.25, 0.3) is 0 Å². The Labute approximate surface area is 311 Å². The van der Waals surface area contributed by atoms with E-state index in [-0.39, 0.29) is 36.8 Å². The molecule has 15 heteroatoms. The van der Waals surface area contributed by atoms with Gasteiger partial charge in [-0.1, -0.05) is 87.7 Å². The van der Waals surface area contributed by atoms with E-state index >= 15 is 0 Å². The molecule has 0 aromatic rings. The number of likely N-dealkylation sites (tertiary alicyclic amines) is 1. The molecular weight excluding hydrogens is 687 g/mol. The zero-order valence-corrected chi connectivity index (χ0v) is 34.0. The van der Waals surface area contributed by atoms with Crippen LogP contribution in [0, 0.1) is 28.1 Å². The molecule has 2 saturated heterocycles. The van der Waals surface area contributed by atoms with Crippen LogP contribution in [0.1, 0.15) is 101 Å². The Morgan fingerprint density at radius 2 is 1.58 bits per heavy atom. The van der Waals surface area contributed by atoms with Gasteiger partial charge in [-0.3, -0.25) is 19.2 Å². The number of nitrogens with one attached hydrogen (secondary N) is 4. The van der Waals surface area contributed by atoms with Crippen molar-refractivity contribution in [2.45, 2.75) is 125 Å². The lowest BCUT2D eigenvalue weighted by atomic mass is 9.85. The predicted octanol–water partition coefficient (Wildman–Crippen LogP) is 2.81. The highest BCUT2D eigenvalue weighted by Gasteiger charge is 2.70. The van der Waals surface area contributed by atoms with Crippen LogP contribution in [0.5, 0.6) is 0 Å². The van der Waals surface area contributed by atoms with Crippen molar-refractivity contribution in [2.24, 2.45) is 28.1 Å². The molecule has 2 heterocycles. The highest BCUT2D eigenvalue weighted by Crippen LogP contribution is 2.65. The van der Waals surface area contributed by atoms with Crippen molar-refractivity contribution in [3.8, 4) is 0 Å². The van der Waals surface area contributed by atoms with Crippen LogP contribution < -0.4 is 21.3 Å². The van der Waals surface area contributed by atoms with Gasteiger partial charge < -0.3 is 26.2 Å². The third-order valence-electron chi connectivity index (χ3n) is 11.1. The molecule has 3 rings (SSSR count). The Morgan fingerprint density at radius 1 is 0.962 bits per heavy atom. The van der Waals surface area contributed by atoms with E-state index in [9.17, 15) is 32.4 Å². The van der Waals surface area contributed by atoms with Gasteiger partial charge in [0.05, 0.1) is 6.04 Å². The second kappa shape index (κ2) is 17.0. The molecule has 0 bridgehead atoms. The Morgan fingerprint density at radius 3 is 2.12 bits per heavy atom. The lowest BCUT2D eigenvalue weighted by Crippen LogP contribution is -2.63. The van der Waals surface area contributed by atoms with E-state index in [1.807, 2.05) is 48.5 Å². The molecule has 1 saturated carbocycles. The lowest BCUT2D eigenvalue weighted by Gasteiger charge is -2.39. The molecule has 0 radical (unpaired) electrons. The number of nitrogens with zero attached hydrogens (tertiary/aromatic N) is 3. The van der Waals surface area contributed by atoms with E-state index in [2.05, 4.69) is 41.7 Å². The molecule has 2 aliphatic heterocycles. The number of ketones is 1. The van der Waals surface area contributed by atoms with Crippen molar-refractivity contribution in [3.63, 3.8) is 0 Å². The molecule has 5 amide bonds. The zero-order valence-electron chi connectivity index (χ0n) is 33.1. The van der Waals surface area contributed by atoms with Gasteiger partial charge in [0.15, 0.2) is 0 Å². The maximum absolute atomic E-state index is 14.5. The molecule has 0 aromatic carbocycles. The van der Waals surface area contributed by atoms with Gasteiger partial charge >= 0.3 is 6.03 Å². The molecule has 4 N–H and O–H groups in total. The monoisotopic (exact) mass is 751 g/mol. The first kappa shape index (κ1) is 43.4. The molecule has 1 aliphatic carbocycles. The highest BCUT2D eigenvalue weighted by atomic mass is 32.2. The predicted molar refractivity (Wildman–Crippen MR) is 201 cm³/mol. The highest BCUT2D eigenvalue weighted by molar-refractivity contribution is 7.86. The van der Waals surface area contributed by atoms with Crippen LogP contribution in [-0.2, 0) is 29.4 Å². The van der Waals surface area contributed by atoms with E-state index in [1.165, 1.54) is 26.6 Å². The smallest absolute Gasteiger partial charge is 0.315 e. The van der Waals surface area contributed by atoms with Crippen LogP contribution in [0.15, 0.2) is 12.7 Å². The summed E-state index contributed by atoms with van der Waals surface area (Å²) in [5, 5.41) is 11.1. The summed E-state index contributed by atoms with van der Waals surface area (Å²) in [6.07, 6.45) is 5.70. The largest absolute Gasteiger partial charge is 0.346 e. The van der Waals surface area contributed by atoms with Crippen molar-refractivity contribution in [3.05, 3.63) is 12.7 Å². The first-order valence-corrected chi connectivity index (χ1v) is 20.2. The van der Waals surface area contributed by atoms with Crippen LogP contribution in [-0.4, -0.2) is 115 Å². The number of carbonyl (C=O) groups excluding carboxylic acids is 5. The first-order chi connectivity index (χ1) is 24.0. The maximum Gasteiger partial charge on any atom is 0.315 e. The number of amides is 5. The van der Waals surface area contributed by atoms with Crippen LogP contribution in [0.3, 0.4) is 0 Å². The number of unbranched alkanes of at least 4 members (excludes halogenated alkanes) is 1. The van der Waals surface area contributed by atoms with Crippen molar-refractivity contribution < 1.29 is 32.4 Å². The second-order valence-corrected chi connectivity index (χ2v) is 19.6. The SMILES string of the molecule is C=CCNC(=O)C(=O)C(CCCC)NC(=O)[C@@H]1[C@@H]2[C@H](CN1C(=O)[C@@H](NC(=O)N[C@H](CN(C)S(=O)(=O)N1CCCCC1)C(C)(C)C)C(C)(C)C)C2(C)C. The fourth-order valence-corrected chi connectivity index (χ4v) is 8.93. The maximum atomic E-state index is 14.5. The summed E-state index contributed by atoms with van der Waals surface area (Å²) in [5.74, 6) is -2.60. The number of fused-ring (bicyclic) bond motifs is 1. The summed E-state index contributed by atoms with van der Waals surface area (Å²) >= 11 is 0. The average Bonchev–Trinajstić information content (AvgIpc) is 3.37. The normalized spacial score (nSPS) is 23.5. The average molecular weight is 752 g/mol. The van der Waals surface area contributed by atoms with Crippen molar-refractivity contribution in [1.29, 1.82) is 0 Å². The minimum atomic E-state index is -3.73. The van der Waals surface area contributed by atoms with Crippen molar-refractivity contribution in [1.82, 2.24) is 34.8 Å². The summed E-state index contributed by atoms with van der Waals surface area (Å²) in [6, 6.07) is -4.22. The molecular formula is C37H65N7O7S. The number of Topliss-reactive ketones (excluding diaryl/α,β-unsaturated/α-hetero) is 1. The summed E-state index contributed by atoms with van der Waals surface area (Å²) in [5.41, 5.74) is -1.53. The van der Waals surface area contributed by atoms with Gasteiger partial charge in [-0.2, -0.15) is 17.0 Å². The molecule has 0 aromatic heterocycles. The van der Waals surface area contributed by atoms with Crippen LogP contribution in [0.4, 0.5) is 4.79 Å². The zero-order chi connectivity index (χ0) is 39.4. The van der Waals surface area contributed by atoms with Crippen LogP contribution in [0.2, 0.25) is 0 Å². The molecule has 14 nitrogen and oxygen atoms in total. The molecule has 3 aliphatic rings. The second-order valence-electron chi connectivity index (χ2n) is 17.5. The summed E-state index contributed by atoms with van der Waals surface area (Å²) < 4.78 is 29.5. The number of piperidine rings is 2. The molecule has 296 valence electrons. The summed E-state index contributed by atoms with van der Waals surface area (Å²) in [7, 11) is -2.21. The molecule has 52 heavy (non-hydrogen) atoms. The number of hydrogen-bond donors (Lipinski definition) is 4. The van der Waals surface area contributed by atoms with E-state index in [0.29, 0.717) is 26.1 Å². The van der Waals surface area contributed by atoms with Gasteiger partial charge in [-0.05, 0) is 47.3 Å². The number of rotatable bonds is 16. The van der Waals surface area contributed by atoms with E-state index < -0.39 is 74.7 Å². The fourth-order valence-electron chi connectivity index (χ4n) is 7.48. The quantitative estimate of drug-likeness (QED) is 0.139. The van der Waals surface area contributed by atoms with Crippen molar-refractivity contribution >= 4 is 39.7 Å². The standard InChI is InChI=1S/C37H65N7O7S/c1-12-14-18-25(29(45)32(47)38-19-13-2)39-31(46)28-27-24(37(27,9)10)22-44(28)33(48)30(36(6,7)8)41-34(49)40-26(35(3,4)5)23-42(11)52(50,51)43-20-16-15-17-21-43/h13,24-28,30H,2,12,14-23H2,1,3-11H3,(H,38,47)(H,39,46)(H2,40,41,49)/t24-,25?,26+,27-,28-,30+/m0/s1. The summed E-state index contributed by atoms with van der Waals surface area (Å²) in [4.78, 5) is 69.5. The number of carbonyl (C=O) groups is 5. The molecule has 1 unspecified atom stereocenters. The minimum absolute atomic E-state index is 0.0280. The van der Waals surface area contributed by atoms with E-state index in [4.69, 9.17) is 0 Å². The third kappa shape index (κ3) is 10.1. The van der Waals surface area contributed by atoms with Crippen molar-refractivity contribution in [2.75, 3.05) is 39.8 Å². The Bertz CT molecular complexity index is 1450. The summed E-state index contributed by atoms with van der Waals surface area (Å²) in [6.45, 7) is 22.2. The van der Waals surface area contributed by atoms with Crippen LogP contribution >= 0.6 is 0 Å². The van der Waals surface area contributed by atoms with Gasteiger partial charge in [-0.15, -0.1) is 6.58 Å². The Kier molecular flexibility index (Phi) is 14.1. The van der Waals surface area contributed by atoms with Gasteiger partial charge in [0.2, 0.25) is 17.6 Å². The number of urea groups is 1. The number of likely N-dealkylation sites (N-methyl/N-ethyl adjacent to an activating group) is 1. The van der Waals surface area contributed by atoms with Gasteiger partial charge in [0.25, 0.3) is 16.1 Å². The molecule has 0 spiro atoms. The van der Waals surface area contributed by atoms with Gasteiger partial charge in [-0.25, -0.2) is 4.79 Å². The van der Waals surface area contributed by atoms with E-state index in [0.717, 1.165) is 25.7 Å². The molecule has 3 fully saturated rings. The molecule has 6 atom stereocenters. The third-order valence-corrected chi connectivity index (χ3v) is 13.0. The minimum Gasteiger partial charge on any atom is -0.346 e. The number of hydrogen-bond acceptors (Lipinski definition) is 7. The first-order valence-electron chi connectivity index (χ1n) is 18.8. The van der Waals surface area contributed by atoms with Gasteiger partial charge in [0, 0.05) is 45.8 Å². The fraction of sp³-hybridized carbons (Fsp3) is 0.811. The van der Waals surface area contributed by atoms with E-state index in [1.54, 1.807) is 0 Å².